The van der Waals surface area contributed by atoms with Gasteiger partial charge < -0.3 is 19.5 Å². The van der Waals surface area contributed by atoms with Gasteiger partial charge >= 0.3 is 5.97 Å². The zero-order valence-electron chi connectivity index (χ0n) is 15.5. The molecule has 7 nitrogen and oxygen atoms in total. The predicted molar refractivity (Wildman–Crippen MR) is 96.8 cm³/mol. The number of carboxylic acid groups (broad SMARTS) is 1. The number of amides is 1. The van der Waals surface area contributed by atoms with Crippen LogP contribution in [0, 0.1) is 11.8 Å². The lowest BCUT2D eigenvalue weighted by atomic mass is 9.89. The summed E-state index contributed by atoms with van der Waals surface area (Å²) < 4.78 is 10.6. The Hall–Kier alpha value is -2.28. The van der Waals surface area contributed by atoms with Crippen LogP contribution in [0.25, 0.3) is 0 Å². The summed E-state index contributed by atoms with van der Waals surface area (Å²) in [6.45, 7) is 3.84. The number of piperidine rings is 1. The van der Waals surface area contributed by atoms with Crippen molar-refractivity contribution in [3.8, 4) is 11.5 Å². The highest BCUT2D eigenvalue weighted by molar-refractivity contribution is 5.99. The normalized spacial score (nSPS) is 26.8. The van der Waals surface area contributed by atoms with E-state index in [1.165, 1.54) is 0 Å². The van der Waals surface area contributed by atoms with Gasteiger partial charge in [-0.15, -0.1) is 0 Å². The molecule has 0 aromatic heterocycles. The molecular formula is C19H26N2O5. The smallest absolute Gasteiger partial charge is 0.307 e. The predicted octanol–water partition coefficient (Wildman–Crippen LogP) is 1.85. The van der Waals surface area contributed by atoms with Crippen molar-refractivity contribution in [1.82, 2.24) is 4.90 Å². The number of carbonyl (C=O) groups is 2. The first-order valence-corrected chi connectivity index (χ1v) is 8.94. The fourth-order valence-electron chi connectivity index (χ4n) is 4.03. The highest BCUT2D eigenvalue weighted by Crippen LogP contribution is 2.33. The van der Waals surface area contributed by atoms with Crippen LogP contribution in [0.15, 0.2) is 18.2 Å². The van der Waals surface area contributed by atoms with Crippen LogP contribution in [0.1, 0.15) is 19.8 Å². The average molecular weight is 362 g/mol. The van der Waals surface area contributed by atoms with E-state index in [1.807, 2.05) is 24.0 Å². The van der Waals surface area contributed by atoms with Crippen molar-refractivity contribution < 1.29 is 24.2 Å². The second-order valence-corrected chi connectivity index (χ2v) is 7.20. The molecule has 2 aliphatic rings. The molecule has 3 atom stereocenters. The number of hydrogen-bond acceptors (Lipinski definition) is 5. The number of hydrogen-bond donors (Lipinski definition) is 1. The zero-order valence-corrected chi connectivity index (χ0v) is 15.5. The number of ether oxygens (including phenoxy) is 2. The number of rotatable bonds is 5. The number of benzene rings is 1. The molecule has 1 aromatic carbocycles. The van der Waals surface area contributed by atoms with Crippen LogP contribution in [0.2, 0.25) is 0 Å². The number of nitrogens with zero attached hydrogens (tertiary/aromatic N) is 2. The van der Waals surface area contributed by atoms with Gasteiger partial charge in [0, 0.05) is 37.8 Å². The van der Waals surface area contributed by atoms with Crippen LogP contribution in [0.5, 0.6) is 11.5 Å². The molecule has 2 aliphatic heterocycles. The molecule has 142 valence electrons. The van der Waals surface area contributed by atoms with E-state index in [0.717, 1.165) is 12.2 Å². The Morgan fingerprint density at radius 3 is 2.38 bits per heavy atom. The maximum atomic E-state index is 13.0. The summed E-state index contributed by atoms with van der Waals surface area (Å²) in [4.78, 5) is 28.3. The van der Waals surface area contributed by atoms with Gasteiger partial charge in [0.25, 0.3) is 0 Å². The standard InChI is InChI=1S/C19H26N2O5/c1-12-6-13(19(23)24)11-20(10-12)17-4-5-21(18(17)22)14-7-15(25-2)9-16(8-14)26-3/h7-9,12-13,17H,4-6,10-11H2,1-3H3,(H,23,24). The molecule has 0 bridgehead atoms. The van der Waals surface area contributed by atoms with E-state index >= 15 is 0 Å². The Labute approximate surface area is 153 Å². The van der Waals surface area contributed by atoms with Crippen molar-refractivity contribution in [2.75, 3.05) is 38.8 Å². The number of carboxylic acids is 1. The summed E-state index contributed by atoms with van der Waals surface area (Å²) in [5.41, 5.74) is 0.744. The summed E-state index contributed by atoms with van der Waals surface area (Å²) in [6, 6.07) is 5.14. The fourth-order valence-corrected chi connectivity index (χ4v) is 4.03. The van der Waals surface area contributed by atoms with Crippen molar-refractivity contribution in [3.05, 3.63) is 18.2 Å². The molecule has 7 heteroatoms. The van der Waals surface area contributed by atoms with Crippen molar-refractivity contribution in [3.63, 3.8) is 0 Å². The number of methoxy groups -OCH3 is 2. The number of aliphatic carboxylic acids is 1. The largest absolute Gasteiger partial charge is 0.497 e. The molecule has 1 amide bonds. The summed E-state index contributed by atoms with van der Waals surface area (Å²) >= 11 is 0. The van der Waals surface area contributed by atoms with E-state index in [-0.39, 0.29) is 17.9 Å². The Morgan fingerprint density at radius 2 is 1.81 bits per heavy atom. The molecule has 3 rings (SSSR count). The SMILES string of the molecule is COc1cc(OC)cc(N2CCC(N3CC(C)CC(C(=O)O)C3)C2=O)c1. The summed E-state index contributed by atoms with van der Waals surface area (Å²) in [6.07, 6.45) is 1.36. The quantitative estimate of drug-likeness (QED) is 0.861. The molecule has 0 aliphatic carbocycles. The van der Waals surface area contributed by atoms with Crippen molar-refractivity contribution >= 4 is 17.6 Å². The van der Waals surface area contributed by atoms with Crippen LogP contribution in [-0.2, 0) is 9.59 Å². The third kappa shape index (κ3) is 3.62. The second kappa shape index (κ2) is 7.53. The van der Waals surface area contributed by atoms with Gasteiger partial charge in [-0.05, 0) is 18.8 Å². The van der Waals surface area contributed by atoms with Crippen LogP contribution >= 0.6 is 0 Å². The van der Waals surface area contributed by atoms with Gasteiger partial charge in [0.2, 0.25) is 5.91 Å². The number of likely N-dealkylation sites (tertiary alicyclic amines) is 1. The van der Waals surface area contributed by atoms with Gasteiger partial charge in [0.15, 0.2) is 0 Å². The lowest BCUT2D eigenvalue weighted by Crippen LogP contribution is -2.50. The first kappa shape index (κ1) is 18.5. The van der Waals surface area contributed by atoms with E-state index < -0.39 is 11.9 Å². The first-order chi connectivity index (χ1) is 12.4. The molecule has 2 saturated heterocycles. The van der Waals surface area contributed by atoms with Gasteiger partial charge in [-0.25, -0.2) is 0 Å². The van der Waals surface area contributed by atoms with E-state index in [2.05, 4.69) is 0 Å². The van der Waals surface area contributed by atoms with Gasteiger partial charge in [-0.1, -0.05) is 6.92 Å². The minimum Gasteiger partial charge on any atom is -0.497 e. The van der Waals surface area contributed by atoms with Crippen LogP contribution in [0.4, 0.5) is 5.69 Å². The summed E-state index contributed by atoms with van der Waals surface area (Å²) in [7, 11) is 3.16. The maximum absolute atomic E-state index is 13.0. The number of carbonyl (C=O) groups excluding carboxylic acids is 1. The summed E-state index contributed by atoms with van der Waals surface area (Å²) in [5, 5.41) is 9.38. The molecule has 0 saturated carbocycles. The number of anilines is 1. The molecule has 2 fully saturated rings. The molecule has 26 heavy (non-hydrogen) atoms. The van der Waals surface area contributed by atoms with Crippen LogP contribution in [-0.4, -0.2) is 61.8 Å². The van der Waals surface area contributed by atoms with Crippen LogP contribution < -0.4 is 14.4 Å². The highest BCUT2D eigenvalue weighted by atomic mass is 16.5. The molecule has 1 N–H and O–H groups in total. The van der Waals surface area contributed by atoms with Crippen LogP contribution in [0.3, 0.4) is 0 Å². The lowest BCUT2D eigenvalue weighted by molar-refractivity contribution is -0.145. The molecule has 1 aromatic rings. The first-order valence-electron chi connectivity index (χ1n) is 8.94. The van der Waals surface area contributed by atoms with Gasteiger partial charge in [-0.2, -0.15) is 0 Å². The Morgan fingerprint density at radius 1 is 1.15 bits per heavy atom. The monoisotopic (exact) mass is 362 g/mol. The third-order valence-corrected chi connectivity index (χ3v) is 5.30. The average Bonchev–Trinajstić information content (AvgIpc) is 3.02. The summed E-state index contributed by atoms with van der Waals surface area (Å²) in [5.74, 6) is 0.363. The minimum atomic E-state index is -0.776. The van der Waals surface area contributed by atoms with Gasteiger partial charge in [0.05, 0.1) is 31.9 Å². The lowest BCUT2D eigenvalue weighted by Gasteiger charge is -2.37. The van der Waals surface area contributed by atoms with E-state index in [9.17, 15) is 14.7 Å². The van der Waals surface area contributed by atoms with Crippen molar-refractivity contribution in [1.29, 1.82) is 0 Å². The Bertz CT molecular complexity index is 670. The van der Waals surface area contributed by atoms with E-state index in [4.69, 9.17) is 9.47 Å². The molecule has 3 unspecified atom stereocenters. The maximum Gasteiger partial charge on any atom is 0.307 e. The van der Waals surface area contributed by atoms with E-state index in [0.29, 0.717) is 37.4 Å². The molecular weight excluding hydrogens is 336 g/mol. The minimum absolute atomic E-state index is 0.0125. The molecule has 0 spiro atoms. The highest BCUT2D eigenvalue weighted by Gasteiger charge is 2.41. The van der Waals surface area contributed by atoms with Gasteiger partial charge in [-0.3, -0.25) is 14.5 Å². The van der Waals surface area contributed by atoms with Crippen molar-refractivity contribution in [2.45, 2.75) is 25.8 Å². The zero-order chi connectivity index (χ0) is 18.8. The third-order valence-electron chi connectivity index (χ3n) is 5.30. The van der Waals surface area contributed by atoms with Crippen molar-refractivity contribution in [2.24, 2.45) is 11.8 Å². The Kier molecular flexibility index (Phi) is 5.36. The van der Waals surface area contributed by atoms with Gasteiger partial charge in [0.1, 0.15) is 11.5 Å². The molecule has 0 radical (unpaired) electrons. The van der Waals surface area contributed by atoms with E-state index in [1.54, 1.807) is 25.2 Å². The Balaban J connectivity index is 1.79. The fraction of sp³-hybridized carbons (Fsp3) is 0.579. The topological polar surface area (TPSA) is 79.3 Å². The second-order valence-electron chi connectivity index (χ2n) is 7.20. The molecule has 2 heterocycles.